The number of benzene rings is 6. The number of carbonyl (C=O) groups excluding carboxylic acids is 2. The molecule has 2 unspecified atom stereocenters. The molecular formula is C40H32N4O6. The van der Waals surface area contributed by atoms with Crippen molar-refractivity contribution in [3.8, 4) is 11.5 Å². The average Bonchev–Trinajstić information content (AvgIpc) is 3.16. The minimum atomic E-state index is -0.811. The summed E-state index contributed by atoms with van der Waals surface area (Å²) in [4.78, 5) is 25.5. The number of nitrogens with one attached hydrogen (secondary N) is 2. The Bertz CT molecular complexity index is 2020. The van der Waals surface area contributed by atoms with E-state index in [1.165, 1.54) is 0 Å². The molecule has 2 amide bonds. The first-order valence-electron chi connectivity index (χ1n) is 16.0. The lowest BCUT2D eigenvalue weighted by atomic mass is 10.0. The van der Waals surface area contributed by atoms with Gasteiger partial charge in [-0.2, -0.15) is 10.2 Å². The van der Waals surface area contributed by atoms with Gasteiger partial charge in [-0.3, -0.25) is 9.59 Å². The van der Waals surface area contributed by atoms with Gasteiger partial charge in [-0.25, -0.2) is 10.9 Å². The summed E-state index contributed by atoms with van der Waals surface area (Å²) in [5.41, 5.74) is 7.84. The fraction of sp³-hybridized carbons (Fsp3) is 0.100. The van der Waals surface area contributed by atoms with Crippen LogP contribution in [0.1, 0.15) is 31.8 Å². The highest BCUT2D eigenvalue weighted by Crippen LogP contribution is 2.23. The lowest BCUT2D eigenvalue weighted by Gasteiger charge is -2.31. The van der Waals surface area contributed by atoms with Gasteiger partial charge in [-0.15, -0.1) is 0 Å². The van der Waals surface area contributed by atoms with Crippen LogP contribution >= 0.6 is 0 Å². The quantitative estimate of drug-likeness (QED) is 0.125. The summed E-state index contributed by atoms with van der Waals surface area (Å²) in [5.74, 6) is 0.510. The number of carbonyl (C=O) groups is 2. The van der Waals surface area contributed by atoms with Gasteiger partial charge in [0.15, 0.2) is 0 Å². The number of hydrogen-bond donors (Lipinski definition) is 2. The van der Waals surface area contributed by atoms with Crippen molar-refractivity contribution in [1.29, 1.82) is 0 Å². The van der Waals surface area contributed by atoms with E-state index >= 15 is 0 Å². The molecule has 0 radical (unpaired) electrons. The maximum Gasteiger partial charge on any atom is 0.271 e. The average molecular weight is 665 g/mol. The second kappa shape index (κ2) is 15.2. The molecule has 0 bridgehead atoms. The van der Waals surface area contributed by atoms with E-state index in [1.54, 1.807) is 48.8 Å². The van der Waals surface area contributed by atoms with Crippen LogP contribution < -0.4 is 20.3 Å². The first-order chi connectivity index (χ1) is 24.6. The Morgan fingerprint density at radius 1 is 0.540 bits per heavy atom. The van der Waals surface area contributed by atoms with E-state index < -0.39 is 12.6 Å². The predicted molar refractivity (Wildman–Crippen MR) is 192 cm³/mol. The maximum atomic E-state index is 12.7. The molecule has 0 aliphatic carbocycles. The van der Waals surface area contributed by atoms with Crippen LogP contribution in [0.3, 0.4) is 0 Å². The Labute approximate surface area is 287 Å². The smallest absolute Gasteiger partial charge is 0.271 e. The number of amides is 2. The highest BCUT2D eigenvalue weighted by Gasteiger charge is 2.31. The molecule has 0 saturated carbocycles. The predicted octanol–water partition coefficient (Wildman–Crippen LogP) is 6.68. The highest BCUT2D eigenvalue weighted by molar-refractivity contribution is 6.08. The lowest BCUT2D eigenvalue weighted by Crippen LogP contribution is -2.45. The van der Waals surface area contributed by atoms with Crippen molar-refractivity contribution in [2.45, 2.75) is 12.6 Å². The molecule has 10 nitrogen and oxygen atoms in total. The first kappa shape index (κ1) is 32.2. The molecule has 248 valence electrons. The van der Waals surface area contributed by atoms with E-state index in [2.05, 4.69) is 21.1 Å². The monoisotopic (exact) mass is 664 g/mol. The Morgan fingerprint density at radius 3 is 1.38 bits per heavy atom. The molecule has 2 N–H and O–H groups in total. The molecule has 1 aliphatic heterocycles. The van der Waals surface area contributed by atoms with Gasteiger partial charge in [-0.1, -0.05) is 72.8 Å². The zero-order valence-corrected chi connectivity index (χ0v) is 26.8. The van der Waals surface area contributed by atoms with Crippen LogP contribution in [0.15, 0.2) is 144 Å². The topological polar surface area (TPSA) is 120 Å². The van der Waals surface area contributed by atoms with E-state index in [0.717, 1.165) is 32.7 Å². The van der Waals surface area contributed by atoms with Gasteiger partial charge in [0.2, 0.25) is 0 Å². The molecule has 6 aromatic carbocycles. The van der Waals surface area contributed by atoms with Crippen molar-refractivity contribution in [2.75, 3.05) is 13.2 Å². The third-order valence-electron chi connectivity index (χ3n) is 7.96. The van der Waals surface area contributed by atoms with Crippen LogP contribution in [0.5, 0.6) is 11.5 Å². The molecule has 0 aromatic heterocycles. The molecule has 1 saturated heterocycles. The van der Waals surface area contributed by atoms with Gasteiger partial charge in [-0.05, 0) is 93.3 Å². The van der Waals surface area contributed by atoms with E-state index in [9.17, 15) is 9.59 Å². The Kier molecular flexibility index (Phi) is 9.82. The summed E-state index contributed by atoms with van der Waals surface area (Å²) < 4.78 is 23.7. The summed E-state index contributed by atoms with van der Waals surface area (Å²) in [5, 5.41) is 11.9. The molecule has 6 aromatic rings. The summed E-state index contributed by atoms with van der Waals surface area (Å²) >= 11 is 0. The van der Waals surface area contributed by atoms with Gasteiger partial charge in [0, 0.05) is 11.1 Å². The number of hydrazone groups is 2. The fourth-order valence-corrected chi connectivity index (χ4v) is 5.50. The van der Waals surface area contributed by atoms with E-state index in [4.69, 9.17) is 18.9 Å². The molecule has 1 fully saturated rings. The zero-order valence-electron chi connectivity index (χ0n) is 26.8. The SMILES string of the molecule is O=C(N/N=C/c1ccc(OC2OCCOC2Oc2ccc(/C=N/NC(=O)c3cccc4ccccc34)cc2)cc1)c1cccc2ccccc12. The van der Waals surface area contributed by atoms with E-state index in [0.29, 0.717) is 35.8 Å². The normalized spacial score (nSPS) is 16.1. The molecule has 1 heterocycles. The molecule has 50 heavy (non-hydrogen) atoms. The Hall–Kier alpha value is -6.36. The molecule has 1 aliphatic rings. The number of hydrogen-bond acceptors (Lipinski definition) is 8. The van der Waals surface area contributed by atoms with Crippen molar-refractivity contribution >= 4 is 45.8 Å². The Balaban J connectivity index is 0.911. The van der Waals surface area contributed by atoms with Gasteiger partial charge in [0.1, 0.15) is 11.5 Å². The van der Waals surface area contributed by atoms with Gasteiger partial charge in [0.25, 0.3) is 24.4 Å². The fourth-order valence-electron chi connectivity index (χ4n) is 5.50. The van der Waals surface area contributed by atoms with Crippen molar-refractivity contribution in [3.05, 3.63) is 156 Å². The van der Waals surface area contributed by atoms with E-state index in [-0.39, 0.29) is 11.8 Å². The number of nitrogens with zero attached hydrogens (tertiary/aromatic N) is 2. The van der Waals surface area contributed by atoms with Crippen LogP contribution in [0.25, 0.3) is 21.5 Å². The number of fused-ring (bicyclic) bond motifs is 2. The molecule has 2 atom stereocenters. The van der Waals surface area contributed by atoms with Crippen molar-refractivity contribution in [2.24, 2.45) is 10.2 Å². The van der Waals surface area contributed by atoms with Crippen molar-refractivity contribution in [1.82, 2.24) is 10.9 Å². The lowest BCUT2D eigenvalue weighted by molar-refractivity contribution is -0.271. The van der Waals surface area contributed by atoms with E-state index in [1.807, 2.05) is 97.1 Å². The molecule has 0 spiro atoms. The van der Waals surface area contributed by atoms with Crippen LogP contribution in [0.2, 0.25) is 0 Å². The van der Waals surface area contributed by atoms with Crippen molar-refractivity contribution in [3.63, 3.8) is 0 Å². The first-order valence-corrected chi connectivity index (χ1v) is 16.0. The van der Waals surface area contributed by atoms with Crippen LogP contribution in [0.4, 0.5) is 0 Å². The van der Waals surface area contributed by atoms with Crippen molar-refractivity contribution < 1.29 is 28.5 Å². The highest BCUT2D eigenvalue weighted by atomic mass is 16.8. The largest absolute Gasteiger partial charge is 0.458 e. The van der Waals surface area contributed by atoms with Crippen LogP contribution in [-0.4, -0.2) is 50.0 Å². The maximum absolute atomic E-state index is 12.7. The third-order valence-corrected chi connectivity index (χ3v) is 7.96. The van der Waals surface area contributed by atoms with Gasteiger partial charge in [0.05, 0.1) is 25.6 Å². The zero-order chi connectivity index (χ0) is 34.1. The standard InChI is InChI=1S/C40H32N4O6/c45-37(35-13-5-9-29-7-1-3-11-33(29)35)43-41-25-27-15-19-31(20-16-27)49-39-40(48-24-23-47-39)50-32-21-17-28(18-22-32)26-42-44-38(46)36-14-6-10-30-8-2-4-12-34(30)36/h1-22,25-26,39-40H,23-24H2,(H,43,45)(H,44,46)/b41-25+,42-26+. The summed E-state index contributed by atoms with van der Waals surface area (Å²) in [6, 6.07) is 40.9. The minimum absolute atomic E-state index is 0.289. The van der Waals surface area contributed by atoms with Gasteiger partial charge >= 0.3 is 0 Å². The summed E-state index contributed by atoms with van der Waals surface area (Å²) in [7, 11) is 0. The summed E-state index contributed by atoms with van der Waals surface area (Å²) in [6.45, 7) is 0.705. The van der Waals surface area contributed by atoms with Gasteiger partial charge < -0.3 is 18.9 Å². The van der Waals surface area contributed by atoms with Crippen LogP contribution in [-0.2, 0) is 9.47 Å². The molecule has 7 rings (SSSR count). The summed E-state index contributed by atoms with van der Waals surface area (Å²) in [6.07, 6.45) is 1.50. The number of rotatable bonds is 10. The number of ether oxygens (including phenoxy) is 4. The Morgan fingerprint density at radius 2 is 0.940 bits per heavy atom. The van der Waals surface area contributed by atoms with Crippen LogP contribution in [0, 0.1) is 0 Å². The molecule has 10 heteroatoms. The molecular weight excluding hydrogens is 632 g/mol. The third kappa shape index (κ3) is 7.68. The second-order valence-corrected chi connectivity index (χ2v) is 11.3. The minimum Gasteiger partial charge on any atom is -0.458 e. The second-order valence-electron chi connectivity index (χ2n) is 11.3.